The molecule has 1 unspecified atom stereocenters. The molecule has 0 radical (unpaired) electrons. The zero-order valence-corrected chi connectivity index (χ0v) is 41.3. The summed E-state index contributed by atoms with van der Waals surface area (Å²) in [5.74, 6) is 0. The Morgan fingerprint density at radius 1 is 0.200 bits per heavy atom. The predicted octanol–water partition coefficient (Wildman–Crippen LogP) is 19.6. The molecular weight excluding hydrogens is 905 g/mol. The van der Waals surface area contributed by atoms with E-state index in [2.05, 4.69) is 313 Å². The van der Waals surface area contributed by atoms with Crippen molar-refractivity contribution >= 4 is 34.1 Å². The second kappa shape index (κ2) is 18.4. The van der Waals surface area contributed by atoms with E-state index >= 15 is 0 Å². The van der Waals surface area contributed by atoms with Gasteiger partial charge in [0.25, 0.3) is 0 Å². The molecule has 0 amide bonds. The van der Waals surface area contributed by atoms with Crippen LogP contribution in [-0.4, -0.2) is 0 Å². The smallest absolute Gasteiger partial charge is 0.0727 e. The van der Waals surface area contributed by atoms with Crippen LogP contribution in [0.5, 0.6) is 0 Å². The van der Waals surface area contributed by atoms with E-state index in [1.54, 1.807) is 0 Å². The largest absolute Gasteiger partial charge is 0.310 e. The molecule has 0 aliphatic heterocycles. The van der Waals surface area contributed by atoms with Gasteiger partial charge >= 0.3 is 0 Å². The van der Waals surface area contributed by atoms with Gasteiger partial charge in [-0.2, -0.15) is 0 Å². The van der Waals surface area contributed by atoms with E-state index in [9.17, 15) is 0 Å². The number of benzene rings is 12. The monoisotopic (exact) mass is 954 g/mol. The fourth-order valence-corrected chi connectivity index (χ4v) is 12.0. The molecule has 75 heavy (non-hydrogen) atoms. The molecule has 352 valence electrons. The fourth-order valence-electron chi connectivity index (χ4n) is 12.0. The highest BCUT2D eigenvalue weighted by molar-refractivity contribution is 6.00. The van der Waals surface area contributed by atoms with Crippen molar-refractivity contribution in [1.82, 2.24) is 0 Å². The number of fused-ring (bicyclic) bond motifs is 6. The minimum atomic E-state index is -0.607. The van der Waals surface area contributed by atoms with Gasteiger partial charge in [0.1, 0.15) is 0 Å². The Balaban J connectivity index is 0.951. The zero-order valence-electron chi connectivity index (χ0n) is 41.3. The standard InChI is InChI=1S/C73H50N2/c1-5-17-51(18-6-1)55-31-39-60(40-32-55)74(61-41-33-56(34-42-61)52-19-7-2-8-20-52)64-26-15-25-59(49-64)73-70-30-14-13-27-66(70)68-28-16-29-69(72(68)73)67-48-47-65(50-71(67)73)75(62-43-35-57(36-44-62)53-21-9-3-10-22-53)63-45-37-58(38-46-63)54-23-11-4-12-24-54/h1-50H. The van der Waals surface area contributed by atoms with Gasteiger partial charge in [-0.1, -0.05) is 231 Å². The number of hydrogen-bond acceptors (Lipinski definition) is 2. The Hall–Kier alpha value is -9.76. The maximum absolute atomic E-state index is 2.49. The molecule has 14 rings (SSSR count). The summed E-state index contributed by atoms with van der Waals surface area (Å²) < 4.78 is 0. The normalized spacial score (nSPS) is 13.7. The molecular formula is C73H50N2. The summed E-state index contributed by atoms with van der Waals surface area (Å²) >= 11 is 0. The van der Waals surface area contributed by atoms with Gasteiger partial charge in [0.2, 0.25) is 0 Å². The number of rotatable bonds is 11. The maximum atomic E-state index is 2.49. The lowest BCUT2D eigenvalue weighted by molar-refractivity contribution is 0.792. The van der Waals surface area contributed by atoms with Crippen LogP contribution in [0.1, 0.15) is 22.3 Å². The van der Waals surface area contributed by atoms with Gasteiger partial charge in [-0.25, -0.2) is 0 Å². The first-order valence-corrected chi connectivity index (χ1v) is 25.9. The molecule has 0 spiro atoms. The van der Waals surface area contributed by atoms with Gasteiger partial charge in [0.05, 0.1) is 5.41 Å². The van der Waals surface area contributed by atoms with Gasteiger partial charge in [0.15, 0.2) is 0 Å². The fraction of sp³-hybridized carbons (Fsp3) is 0.0137. The Bertz CT molecular complexity index is 3840. The highest BCUT2D eigenvalue weighted by atomic mass is 15.1. The molecule has 2 heteroatoms. The van der Waals surface area contributed by atoms with Crippen molar-refractivity contribution in [2.45, 2.75) is 5.41 Å². The van der Waals surface area contributed by atoms with E-state index in [0.29, 0.717) is 0 Å². The molecule has 12 aromatic rings. The van der Waals surface area contributed by atoms with E-state index in [-0.39, 0.29) is 0 Å². The van der Waals surface area contributed by atoms with Crippen LogP contribution in [0.4, 0.5) is 34.1 Å². The summed E-state index contributed by atoms with van der Waals surface area (Å²) in [6.45, 7) is 0. The van der Waals surface area contributed by atoms with Crippen molar-refractivity contribution in [3.8, 4) is 66.8 Å². The number of anilines is 6. The van der Waals surface area contributed by atoms with Crippen LogP contribution in [0, 0.1) is 0 Å². The quantitative estimate of drug-likeness (QED) is 0.127. The van der Waals surface area contributed by atoms with Gasteiger partial charge in [-0.05, 0) is 162 Å². The lowest BCUT2D eigenvalue weighted by atomic mass is 9.70. The molecule has 2 aliphatic rings. The Labute approximate surface area is 439 Å². The molecule has 2 nitrogen and oxygen atoms in total. The summed E-state index contributed by atoms with van der Waals surface area (Å²) in [5, 5.41) is 0. The van der Waals surface area contributed by atoms with Crippen LogP contribution in [0.2, 0.25) is 0 Å². The van der Waals surface area contributed by atoms with Crippen molar-refractivity contribution in [2.24, 2.45) is 0 Å². The van der Waals surface area contributed by atoms with Crippen molar-refractivity contribution in [3.05, 3.63) is 326 Å². The van der Waals surface area contributed by atoms with Crippen molar-refractivity contribution in [2.75, 3.05) is 9.80 Å². The minimum Gasteiger partial charge on any atom is -0.310 e. The molecule has 0 N–H and O–H groups in total. The molecule has 0 aromatic heterocycles. The summed E-state index contributed by atoms with van der Waals surface area (Å²) in [5.41, 5.74) is 25.8. The third kappa shape index (κ3) is 7.49. The van der Waals surface area contributed by atoms with Crippen LogP contribution < -0.4 is 9.80 Å². The lowest BCUT2D eigenvalue weighted by Gasteiger charge is -2.34. The molecule has 0 saturated carbocycles. The van der Waals surface area contributed by atoms with Crippen molar-refractivity contribution < 1.29 is 0 Å². The number of hydrogen-bond donors (Lipinski definition) is 0. The Morgan fingerprint density at radius 2 is 0.520 bits per heavy atom. The Kier molecular flexibility index (Phi) is 10.8. The van der Waals surface area contributed by atoms with Crippen LogP contribution in [0.25, 0.3) is 66.8 Å². The summed E-state index contributed by atoms with van der Waals surface area (Å²) in [6.07, 6.45) is 0. The molecule has 1 atom stereocenters. The molecule has 0 fully saturated rings. The first-order valence-electron chi connectivity index (χ1n) is 25.9. The predicted molar refractivity (Wildman–Crippen MR) is 314 cm³/mol. The topological polar surface area (TPSA) is 6.48 Å². The Morgan fingerprint density at radius 3 is 0.947 bits per heavy atom. The van der Waals surface area contributed by atoms with E-state index < -0.39 is 5.41 Å². The van der Waals surface area contributed by atoms with Crippen molar-refractivity contribution in [1.29, 1.82) is 0 Å². The second-order valence-electron chi connectivity index (χ2n) is 19.6. The van der Waals surface area contributed by atoms with Crippen molar-refractivity contribution in [3.63, 3.8) is 0 Å². The molecule has 12 aromatic carbocycles. The molecule has 2 aliphatic carbocycles. The first-order chi connectivity index (χ1) is 37.2. The van der Waals surface area contributed by atoms with E-state index in [1.165, 1.54) is 89.0 Å². The molecule has 0 bridgehead atoms. The van der Waals surface area contributed by atoms with Gasteiger partial charge in [0, 0.05) is 34.1 Å². The average Bonchev–Trinajstić information content (AvgIpc) is 4.13. The van der Waals surface area contributed by atoms with Gasteiger partial charge < -0.3 is 9.80 Å². The van der Waals surface area contributed by atoms with E-state index in [4.69, 9.17) is 0 Å². The van der Waals surface area contributed by atoms with Gasteiger partial charge in [-0.3, -0.25) is 0 Å². The van der Waals surface area contributed by atoms with Crippen LogP contribution in [-0.2, 0) is 5.41 Å². The van der Waals surface area contributed by atoms with E-state index in [0.717, 1.165) is 34.1 Å². The summed E-state index contributed by atoms with van der Waals surface area (Å²) in [7, 11) is 0. The van der Waals surface area contributed by atoms with Gasteiger partial charge in [-0.15, -0.1) is 0 Å². The highest BCUT2D eigenvalue weighted by Crippen LogP contribution is 2.65. The zero-order chi connectivity index (χ0) is 49.7. The third-order valence-electron chi connectivity index (χ3n) is 15.5. The highest BCUT2D eigenvalue weighted by Gasteiger charge is 2.52. The van der Waals surface area contributed by atoms with E-state index in [1.807, 2.05) is 0 Å². The molecule has 0 saturated heterocycles. The lowest BCUT2D eigenvalue weighted by Crippen LogP contribution is -2.27. The average molecular weight is 955 g/mol. The van der Waals surface area contributed by atoms with Crippen LogP contribution in [0.15, 0.2) is 303 Å². The molecule has 0 heterocycles. The third-order valence-corrected chi connectivity index (χ3v) is 15.5. The van der Waals surface area contributed by atoms with Crippen LogP contribution >= 0.6 is 0 Å². The maximum Gasteiger partial charge on any atom is 0.0727 e. The van der Waals surface area contributed by atoms with Crippen LogP contribution in [0.3, 0.4) is 0 Å². The SMILES string of the molecule is c1ccc(-c2ccc(N(c3ccc(-c4ccccc4)cc3)c3cccc(C45c6ccccc6-c6cccc(c64)-c4ccc(N(c6ccc(-c7ccccc7)cc6)c6ccc(-c7ccccc7)cc6)cc45)c3)cc2)cc1. The second-order valence-corrected chi connectivity index (χ2v) is 19.6. The summed E-state index contributed by atoms with van der Waals surface area (Å²) in [6, 6.07) is 111. The minimum absolute atomic E-state index is 0.607. The number of nitrogens with zero attached hydrogens (tertiary/aromatic N) is 2. The summed E-state index contributed by atoms with van der Waals surface area (Å²) in [4.78, 5) is 4.85. The first kappa shape index (κ1) is 44.0.